The van der Waals surface area contributed by atoms with Gasteiger partial charge in [0.2, 0.25) is 0 Å². The molecule has 0 bridgehead atoms. The van der Waals surface area contributed by atoms with Gasteiger partial charge >= 0.3 is 5.97 Å². The van der Waals surface area contributed by atoms with Crippen LogP contribution in [0.15, 0.2) is 29.1 Å². The molecule has 3 N–H and O–H groups in total. The molecule has 0 aliphatic rings. The quantitative estimate of drug-likeness (QED) is 0.550. The number of carbonyl (C=O) groups excluding carboxylic acids is 1. The number of nitrogens with one attached hydrogen (secondary N) is 1. The zero-order valence-electron chi connectivity index (χ0n) is 8.61. The molecule has 2 rings (SSSR count). The first kappa shape index (κ1) is 10.2. The minimum Gasteiger partial charge on any atom is -0.464 e. The number of benzene rings is 1. The molecule has 0 aliphatic heterocycles. The van der Waals surface area contributed by atoms with Gasteiger partial charge in [0.1, 0.15) is 5.69 Å². The maximum atomic E-state index is 11.7. The molecular weight excluding hydrogens is 208 g/mol. The van der Waals surface area contributed by atoms with Gasteiger partial charge in [-0.05, 0) is 18.2 Å². The number of pyridine rings is 1. The highest BCUT2D eigenvalue weighted by Crippen LogP contribution is 2.12. The highest BCUT2D eigenvalue weighted by Gasteiger charge is 2.09. The molecule has 1 heterocycles. The van der Waals surface area contributed by atoms with Gasteiger partial charge in [-0.1, -0.05) is 0 Å². The van der Waals surface area contributed by atoms with Crippen LogP contribution in [0, 0.1) is 0 Å². The van der Waals surface area contributed by atoms with E-state index in [1.807, 2.05) is 0 Å². The average Bonchev–Trinajstić information content (AvgIpc) is 2.27. The Morgan fingerprint density at radius 1 is 1.38 bits per heavy atom. The summed E-state index contributed by atoms with van der Waals surface area (Å²) in [6.45, 7) is 0. The molecule has 1 aromatic heterocycles. The van der Waals surface area contributed by atoms with Crippen LogP contribution in [0.25, 0.3) is 10.9 Å². The zero-order chi connectivity index (χ0) is 11.7. The van der Waals surface area contributed by atoms with Crippen LogP contribution in [-0.4, -0.2) is 18.1 Å². The number of ether oxygens (including phenoxy) is 1. The Balaban J connectivity index is 2.75. The lowest BCUT2D eigenvalue weighted by Gasteiger charge is -2.03. The summed E-state index contributed by atoms with van der Waals surface area (Å²) in [5.74, 6) is -0.582. The second kappa shape index (κ2) is 3.69. The lowest BCUT2D eigenvalue weighted by Crippen LogP contribution is -2.11. The smallest absolute Gasteiger partial charge is 0.354 e. The minimum atomic E-state index is -0.582. The molecule has 5 heteroatoms. The molecule has 0 atom stereocenters. The number of aromatic amines is 1. The Morgan fingerprint density at radius 3 is 2.81 bits per heavy atom. The third kappa shape index (κ3) is 1.63. The molecule has 0 saturated carbocycles. The third-order valence-electron chi connectivity index (χ3n) is 2.26. The van der Waals surface area contributed by atoms with Crippen LogP contribution < -0.4 is 11.2 Å². The first-order valence-corrected chi connectivity index (χ1v) is 4.62. The van der Waals surface area contributed by atoms with Crippen molar-refractivity contribution in [1.29, 1.82) is 0 Å². The van der Waals surface area contributed by atoms with Crippen molar-refractivity contribution < 1.29 is 9.53 Å². The lowest BCUT2D eigenvalue weighted by molar-refractivity contribution is 0.0594. The lowest BCUT2D eigenvalue weighted by atomic mass is 10.2. The fraction of sp³-hybridized carbons (Fsp3) is 0.0909. The number of H-pyrrole nitrogens is 1. The number of fused-ring (bicyclic) bond motifs is 1. The van der Waals surface area contributed by atoms with Crippen molar-refractivity contribution in [2.45, 2.75) is 0 Å². The van der Waals surface area contributed by atoms with Crippen molar-refractivity contribution in [1.82, 2.24) is 4.98 Å². The number of carbonyl (C=O) groups is 1. The van der Waals surface area contributed by atoms with Crippen LogP contribution >= 0.6 is 0 Å². The summed E-state index contributed by atoms with van der Waals surface area (Å²) in [6, 6.07) is 6.06. The highest BCUT2D eigenvalue weighted by atomic mass is 16.5. The number of methoxy groups -OCH3 is 1. The van der Waals surface area contributed by atoms with Gasteiger partial charge in [-0.25, -0.2) is 4.79 Å². The molecule has 0 radical (unpaired) electrons. The topological polar surface area (TPSA) is 85.2 Å². The zero-order valence-corrected chi connectivity index (χ0v) is 8.61. The van der Waals surface area contributed by atoms with Crippen LogP contribution in [0.3, 0.4) is 0 Å². The second-order valence-corrected chi connectivity index (χ2v) is 3.34. The van der Waals surface area contributed by atoms with Crippen molar-refractivity contribution in [3.8, 4) is 0 Å². The molecule has 0 fully saturated rings. The Hall–Kier alpha value is -2.30. The number of rotatable bonds is 1. The normalized spacial score (nSPS) is 10.3. The maximum absolute atomic E-state index is 11.7. The van der Waals surface area contributed by atoms with E-state index in [0.717, 1.165) is 0 Å². The number of hydrogen-bond donors (Lipinski definition) is 2. The van der Waals surface area contributed by atoms with Crippen LogP contribution in [0.4, 0.5) is 5.69 Å². The summed E-state index contributed by atoms with van der Waals surface area (Å²) in [5.41, 5.74) is 6.51. The monoisotopic (exact) mass is 218 g/mol. The van der Waals surface area contributed by atoms with Gasteiger partial charge in [0, 0.05) is 17.1 Å². The summed E-state index contributed by atoms with van der Waals surface area (Å²) in [6.07, 6.45) is 0. The Morgan fingerprint density at radius 2 is 2.12 bits per heavy atom. The predicted octanol–water partition coefficient (Wildman–Crippen LogP) is 0.897. The average molecular weight is 218 g/mol. The molecule has 5 nitrogen and oxygen atoms in total. The van der Waals surface area contributed by atoms with Gasteiger partial charge in [0.25, 0.3) is 0 Å². The van der Waals surface area contributed by atoms with Gasteiger partial charge < -0.3 is 15.5 Å². The van der Waals surface area contributed by atoms with Gasteiger partial charge in [-0.2, -0.15) is 0 Å². The molecule has 0 aliphatic carbocycles. The third-order valence-corrected chi connectivity index (χ3v) is 2.26. The van der Waals surface area contributed by atoms with Crippen molar-refractivity contribution >= 4 is 22.6 Å². The Bertz CT molecular complexity index is 616. The number of anilines is 1. The fourth-order valence-corrected chi connectivity index (χ4v) is 1.49. The largest absolute Gasteiger partial charge is 0.464 e. The molecule has 0 saturated heterocycles. The number of nitrogen functional groups attached to an aromatic ring is 1. The fourth-order valence-electron chi connectivity index (χ4n) is 1.49. The second-order valence-electron chi connectivity index (χ2n) is 3.34. The number of nitrogens with two attached hydrogens (primary N) is 1. The van der Waals surface area contributed by atoms with E-state index in [2.05, 4.69) is 9.72 Å². The molecule has 82 valence electrons. The standard InChI is InChI=1S/C11H10N2O3/c1-16-11(15)9-5-10(14)7-3-2-6(12)4-8(7)13-9/h2-5H,12H2,1H3,(H,13,14). The van der Waals surface area contributed by atoms with E-state index in [9.17, 15) is 9.59 Å². The number of hydrogen-bond acceptors (Lipinski definition) is 4. The van der Waals surface area contributed by atoms with Crippen LogP contribution in [-0.2, 0) is 4.74 Å². The van der Waals surface area contributed by atoms with Gasteiger partial charge in [-0.3, -0.25) is 4.79 Å². The number of esters is 1. The summed E-state index contributed by atoms with van der Waals surface area (Å²) >= 11 is 0. The minimum absolute atomic E-state index is 0.116. The molecular formula is C11H10N2O3. The summed E-state index contributed by atoms with van der Waals surface area (Å²) in [5, 5.41) is 0.488. The summed E-state index contributed by atoms with van der Waals surface area (Å²) < 4.78 is 4.53. The van der Waals surface area contributed by atoms with Gasteiger partial charge in [-0.15, -0.1) is 0 Å². The Kier molecular flexibility index (Phi) is 2.36. The predicted molar refractivity (Wildman–Crippen MR) is 60.3 cm³/mol. The molecule has 0 unspecified atom stereocenters. The van der Waals surface area contributed by atoms with Crippen LogP contribution in [0.1, 0.15) is 10.5 Å². The molecule has 16 heavy (non-hydrogen) atoms. The van der Waals surface area contributed by atoms with E-state index in [1.165, 1.54) is 13.2 Å². The van der Waals surface area contributed by atoms with Crippen LogP contribution in [0.5, 0.6) is 0 Å². The number of aromatic nitrogens is 1. The van der Waals surface area contributed by atoms with Gasteiger partial charge in [0.15, 0.2) is 5.43 Å². The van der Waals surface area contributed by atoms with Gasteiger partial charge in [0.05, 0.1) is 12.6 Å². The summed E-state index contributed by atoms with van der Waals surface area (Å²) in [4.78, 5) is 25.7. The van der Waals surface area contributed by atoms with Crippen molar-refractivity contribution in [2.24, 2.45) is 0 Å². The highest BCUT2D eigenvalue weighted by molar-refractivity contribution is 5.91. The maximum Gasteiger partial charge on any atom is 0.354 e. The van der Waals surface area contributed by atoms with E-state index >= 15 is 0 Å². The van der Waals surface area contributed by atoms with E-state index in [0.29, 0.717) is 16.6 Å². The van der Waals surface area contributed by atoms with Crippen molar-refractivity contribution in [3.63, 3.8) is 0 Å². The summed E-state index contributed by atoms with van der Waals surface area (Å²) in [7, 11) is 1.25. The van der Waals surface area contributed by atoms with E-state index in [-0.39, 0.29) is 11.1 Å². The molecule has 2 aromatic rings. The Labute approximate surface area is 90.8 Å². The first-order chi connectivity index (χ1) is 7.61. The van der Waals surface area contributed by atoms with E-state index in [1.54, 1.807) is 18.2 Å². The van der Waals surface area contributed by atoms with Crippen LogP contribution in [0.2, 0.25) is 0 Å². The SMILES string of the molecule is COC(=O)c1cc(=O)c2ccc(N)cc2[nH]1. The molecule has 0 spiro atoms. The first-order valence-electron chi connectivity index (χ1n) is 4.62. The molecule has 1 aromatic carbocycles. The van der Waals surface area contributed by atoms with E-state index < -0.39 is 5.97 Å². The van der Waals surface area contributed by atoms with Crippen molar-refractivity contribution in [3.05, 3.63) is 40.2 Å². The van der Waals surface area contributed by atoms with Crippen molar-refractivity contribution in [2.75, 3.05) is 12.8 Å². The molecule has 0 amide bonds. The van der Waals surface area contributed by atoms with E-state index in [4.69, 9.17) is 5.73 Å².